The van der Waals surface area contributed by atoms with Gasteiger partial charge in [0.2, 0.25) is 5.76 Å². The smallest absolute Gasteiger partial charge is 0.209 e. The molecule has 1 aromatic heterocycles. The Morgan fingerprint density at radius 3 is 2.53 bits per heavy atom. The van der Waals surface area contributed by atoms with Gasteiger partial charge in [-0.3, -0.25) is 4.79 Å². The van der Waals surface area contributed by atoms with Gasteiger partial charge in [-0.05, 0) is 12.5 Å². The molecule has 0 amide bonds. The van der Waals surface area contributed by atoms with Crippen LogP contribution < -0.4 is 0 Å². The molecule has 3 nitrogen and oxygen atoms in total. The Labute approximate surface area is 87.7 Å². The molecule has 2 rings (SSSR count). The molecule has 0 aliphatic heterocycles. The molecule has 3 heteroatoms. The van der Waals surface area contributed by atoms with E-state index < -0.39 is 0 Å². The molecule has 0 aliphatic rings. The van der Waals surface area contributed by atoms with Crippen LogP contribution in [0.1, 0.15) is 23.0 Å². The van der Waals surface area contributed by atoms with Crippen LogP contribution >= 0.6 is 0 Å². The molecule has 2 aromatic rings. The zero-order valence-electron chi connectivity index (χ0n) is 8.65. The van der Waals surface area contributed by atoms with Crippen molar-refractivity contribution in [1.29, 1.82) is 0 Å². The first kappa shape index (κ1) is 9.65. The molecule has 0 atom stereocenters. The fraction of sp³-hybridized carbons (Fsp3) is 0.167. The minimum Gasteiger partial charge on any atom is -0.352 e. The number of carbonyl (C=O) groups is 1. The summed E-state index contributed by atoms with van der Waals surface area (Å²) in [6.45, 7) is 3.49. The average Bonchev–Trinajstić information content (AvgIpc) is 2.67. The van der Waals surface area contributed by atoms with Gasteiger partial charge in [0, 0.05) is 6.92 Å². The van der Waals surface area contributed by atoms with Crippen molar-refractivity contribution in [2.75, 3.05) is 0 Å². The summed E-state index contributed by atoms with van der Waals surface area (Å²) >= 11 is 0. The summed E-state index contributed by atoms with van der Waals surface area (Å²) in [5, 5.41) is 3.65. The standard InChI is InChI=1S/C12H11NO2/c1-8-3-5-10(6-4-8)11-7-13-15-12(11)9(2)14/h3-7H,1-2H3. The quantitative estimate of drug-likeness (QED) is 0.701. The van der Waals surface area contributed by atoms with E-state index in [0.29, 0.717) is 5.76 Å². The third-order valence-corrected chi connectivity index (χ3v) is 2.25. The summed E-state index contributed by atoms with van der Waals surface area (Å²) in [4.78, 5) is 11.2. The molecule has 1 heterocycles. The van der Waals surface area contributed by atoms with E-state index in [9.17, 15) is 4.79 Å². The van der Waals surface area contributed by atoms with Gasteiger partial charge >= 0.3 is 0 Å². The summed E-state index contributed by atoms with van der Waals surface area (Å²) in [5.41, 5.74) is 2.88. The first-order chi connectivity index (χ1) is 7.18. The van der Waals surface area contributed by atoms with E-state index in [1.165, 1.54) is 12.5 Å². The number of Topliss-reactive ketones (excluding diaryl/α,β-unsaturated/α-hetero) is 1. The van der Waals surface area contributed by atoms with Crippen LogP contribution in [0.5, 0.6) is 0 Å². The van der Waals surface area contributed by atoms with Gasteiger partial charge in [-0.15, -0.1) is 0 Å². The van der Waals surface area contributed by atoms with Gasteiger partial charge in [-0.2, -0.15) is 0 Å². The van der Waals surface area contributed by atoms with E-state index in [4.69, 9.17) is 4.52 Å². The van der Waals surface area contributed by atoms with Crippen molar-refractivity contribution >= 4 is 5.78 Å². The number of carbonyl (C=O) groups excluding carboxylic acids is 1. The zero-order chi connectivity index (χ0) is 10.8. The molecule has 0 radical (unpaired) electrons. The summed E-state index contributed by atoms with van der Waals surface area (Å²) in [5.74, 6) is 0.210. The number of aromatic nitrogens is 1. The lowest BCUT2D eigenvalue weighted by Gasteiger charge is -1.99. The van der Waals surface area contributed by atoms with E-state index in [1.807, 2.05) is 31.2 Å². The molecule has 15 heavy (non-hydrogen) atoms. The molecule has 0 fully saturated rings. The highest BCUT2D eigenvalue weighted by atomic mass is 16.5. The van der Waals surface area contributed by atoms with Crippen molar-refractivity contribution in [3.63, 3.8) is 0 Å². The van der Waals surface area contributed by atoms with Gasteiger partial charge in [-0.25, -0.2) is 0 Å². The van der Waals surface area contributed by atoms with Crippen LogP contribution in [-0.4, -0.2) is 10.9 Å². The van der Waals surface area contributed by atoms with E-state index in [1.54, 1.807) is 6.20 Å². The molecular formula is C12H11NO2. The third kappa shape index (κ3) is 1.81. The number of benzene rings is 1. The number of rotatable bonds is 2. The lowest BCUT2D eigenvalue weighted by molar-refractivity contribution is 0.0979. The second-order valence-electron chi connectivity index (χ2n) is 3.49. The molecular weight excluding hydrogens is 190 g/mol. The van der Waals surface area contributed by atoms with Crippen molar-refractivity contribution in [2.45, 2.75) is 13.8 Å². The van der Waals surface area contributed by atoms with Crippen LogP contribution in [-0.2, 0) is 0 Å². The molecule has 0 saturated heterocycles. The second kappa shape index (κ2) is 3.69. The van der Waals surface area contributed by atoms with E-state index in [-0.39, 0.29) is 5.78 Å². The van der Waals surface area contributed by atoms with E-state index in [2.05, 4.69) is 5.16 Å². The summed E-state index contributed by atoms with van der Waals surface area (Å²) in [7, 11) is 0. The Morgan fingerprint density at radius 2 is 1.93 bits per heavy atom. The summed E-state index contributed by atoms with van der Waals surface area (Å²) < 4.78 is 4.91. The highest BCUT2D eigenvalue weighted by molar-refractivity contribution is 5.97. The van der Waals surface area contributed by atoms with Crippen molar-refractivity contribution in [3.05, 3.63) is 41.8 Å². The molecule has 0 bridgehead atoms. The summed E-state index contributed by atoms with van der Waals surface area (Å²) in [6, 6.07) is 7.89. The normalized spacial score (nSPS) is 10.3. The van der Waals surface area contributed by atoms with Crippen LogP contribution in [0.3, 0.4) is 0 Å². The Bertz CT molecular complexity index is 483. The lowest BCUT2D eigenvalue weighted by atomic mass is 10.0. The zero-order valence-corrected chi connectivity index (χ0v) is 8.65. The molecule has 0 saturated carbocycles. The van der Waals surface area contributed by atoms with Gasteiger partial charge in [-0.1, -0.05) is 35.0 Å². The van der Waals surface area contributed by atoms with Gasteiger partial charge in [0.05, 0.1) is 11.8 Å². The number of hydrogen-bond acceptors (Lipinski definition) is 3. The maximum Gasteiger partial charge on any atom is 0.209 e. The molecule has 76 valence electrons. The topological polar surface area (TPSA) is 43.1 Å². The second-order valence-corrected chi connectivity index (χ2v) is 3.49. The minimum atomic E-state index is -0.108. The third-order valence-electron chi connectivity index (χ3n) is 2.25. The monoisotopic (exact) mass is 201 g/mol. The summed E-state index contributed by atoms with van der Waals surface area (Å²) in [6.07, 6.45) is 1.57. The maximum atomic E-state index is 11.2. The van der Waals surface area contributed by atoms with Crippen LogP contribution in [0, 0.1) is 6.92 Å². The molecule has 0 N–H and O–H groups in total. The fourth-order valence-electron chi connectivity index (χ4n) is 1.43. The van der Waals surface area contributed by atoms with E-state index >= 15 is 0 Å². The van der Waals surface area contributed by atoms with Crippen molar-refractivity contribution in [3.8, 4) is 11.1 Å². The Balaban J connectivity index is 2.49. The number of nitrogens with zero attached hydrogens (tertiary/aromatic N) is 1. The average molecular weight is 201 g/mol. The first-order valence-electron chi connectivity index (χ1n) is 4.71. The largest absolute Gasteiger partial charge is 0.352 e. The fourth-order valence-corrected chi connectivity index (χ4v) is 1.43. The maximum absolute atomic E-state index is 11.2. The van der Waals surface area contributed by atoms with Crippen molar-refractivity contribution in [1.82, 2.24) is 5.16 Å². The Morgan fingerprint density at radius 1 is 1.27 bits per heavy atom. The van der Waals surface area contributed by atoms with Crippen LogP contribution in [0.25, 0.3) is 11.1 Å². The highest BCUT2D eigenvalue weighted by Crippen LogP contribution is 2.23. The predicted molar refractivity (Wildman–Crippen MR) is 56.7 cm³/mol. The lowest BCUT2D eigenvalue weighted by Crippen LogP contribution is -1.91. The molecule has 0 spiro atoms. The van der Waals surface area contributed by atoms with Crippen molar-refractivity contribution in [2.24, 2.45) is 0 Å². The van der Waals surface area contributed by atoms with Gasteiger partial charge in [0.25, 0.3) is 0 Å². The number of hydrogen-bond donors (Lipinski definition) is 0. The predicted octanol–water partition coefficient (Wildman–Crippen LogP) is 2.85. The SMILES string of the molecule is CC(=O)c1oncc1-c1ccc(C)cc1. The van der Waals surface area contributed by atoms with Crippen molar-refractivity contribution < 1.29 is 9.32 Å². The van der Waals surface area contributed by atoms with Crippen LogP contribution in [0.15, 0.2) is 35.0 Å². The number of aryl methyl sites for hydroxylation is 1. The molecule has 0 aliphatic carbocycles. The minimum absolute atomic E-state index is 0.108. The van der Waals surface area contributed by atoms with E-state index in [0.717, 1.165) is 11.1 Å². The molecule has 1 aromatic carbocycles. The van der Waals surface area contributed by atoms with Crippen LogP contribution in [0.2, 0.25) is 0 Å². The Kier molecular flexibility index (Phi) is 2.37. The Hall–Kier alpha value is -1.90. The van der Waals surface area contributed by atoms with Gasteiger partial charge in [0.1, 0.15) is 0 Å². The highest BCUT2D eigenvalue weighted by Gasteiger charge is 2.13. The van der Waals surface area contributed by atoms with Gasteiger partial charge < -0.3 is 4.52 Å². The first-order valence-corrected chi connectivity index (χ1v) is 4.71. The van der Waals surface area contributed by atoms with Crippen LogP contribution in [0.4, 0.5) is 0 Å². The number of ketones is 1. The molecule has 0 unspecified atom stereocenters. The van der Waals surface area contributed by atoms with Gasteiger partial charge in [0.15, 0.2) is 5.78 Å².